The molecular formula is C23H33N5O7. The highest BCUT2D eigenvalue weighted by Gasteiger charge is 2.31. The van der Waals surface area contributed by atoms with Crippen LogP contribution in [0.5, 0.6) is 0 Å². The quantitative estimate of drug-likeness (QED) is 0.566. The number of hydrogen-bond donors (Lipinski definition) is 2. The number of ether oxygens (including phenoxy) is 1. The van der Waals surface area contributed by atoms with Crippen molar-refractivity contribution in [2.75, 3.05) is 44.2 Å². The molecule has 3 fully saturated rings. The van der Waals surface area contributed by atoms with Crippen LogP contribution in [0.2, 0.25) is 0 Å². The van der Waals surface area contributed by atoms with Gasteiger partial charge in [-0.05, 0) is 18.9 Å². The molecule has 0 radical (unpaired) electrons. The van der Waals surface area contributed by atoms with Gasteiger partial charge in [-0.15, -0.1) is 0 Å². The van der Waals surface area contributed by atoms with E-state index < -0.39 is 11.9 Å². The zero-order valence-electron chi connectivity index (χ0n) is 19.9. The fourth-order valence-corrected chi connectivity index (χ4v) is 4.24. The van der Waals surface area contributed by atoms with Crippen LogP contribution in [-0.2, 0) is 21.4 Å². The van der Waals surface area contributed by atoms with E-state index >= 15 is 0 Å². The summed E-state index contributed by atoms with van der Waals surface area (Å²) in [5.41, 5.74) is -0.111. The smallest absolute Gasteiger partial charge is 0.410 e. The second-order valence-corrected chi connectivity index (χ2v) is 8.84. The van der Waals surface area contributed by atoms with Gasteiger partial charge in [-0.2, -0.15) is 5.10 Å². The summed E-state index contributed by atoms with van der Waals surface area (Å²) in [5, 5.41) is 19.9. The Hall–Kier alpha value is -3.41. The number of carboxylic acid groups (broad SMARTS) is 2. The Bertz CT molecular complexity index is 959. The van der Waals surface area contributed by atoms with Crippen LogP contribution >= 0.6 is 0 Å². The number of carbonyl (C=O) groups is 3. The average molecular weight is 492 g/mol. The molecule has 12 nitrogen and oxygen atoms in total. The van der Waals surface area contributed by atoms with E-state index in [9.17, 15) is 19.2 Å². The van der Waals surface area contributed by atoms with Crippen molar-refractivity contribution < 1.29 is 29.3 Å². The lowest BCUT2D eigenvalue weighted by Gasteiger charge is -2.43. The number of anilines is 1. The molecule has 4 rings (SSSR count). The predicted octanol–water partition coefficient (Wildman–Crippen LogP) is 0.768. The molecule has 1 saturated carbocycles. The van der Waals surface area contributed by atoms with Crippen molar-refractivity contribution in [1.82, 2.24) is 19.6 Å². The van der Waals surface area contributed by atoms with E-state index in [1.807, 2.05) is 4.90 Å². The summed E-state index contributed by atoms with van der Waals surface area (Å²) in [6, 6.07) is 4.05. The van der Waals surface area contributed by atoms with Crippen molar-refractivity contribution >= 4 is 23.8 Å². The molecule has 0 atom stereocenters. The number of rotatable bonds is 5. The van der Waals surface area contributed by atoms with Gasteiger partial charge in [0.1, 0.15) is 11.9 Å². The molecule has 3 aliphatic rings. The lowest BCUT2D eigenvalue weighted by Crippen LogP contribution is -2.54. The maximum atomic E-state index is 12.5. The monoisotopic (exact) mass is 491 g/mol. The molecule has 1 aromatic heterocycles. The Morgan fingerprint density at radius 2 is 1.54 bits per heavy atom. The summed E-state index contributed by atoms with van der Waals surface area (Å²) < 4.78 is 7.11. The molecule has 2 N–H and O–H groups in total. The highest BCUT2D eigenvalue weighted by atomic mass is 16.6. The summed E-state index contributed by atoms with van der Waals surface area (Å²) in [6.45, 7) is 5.04. The Morgan fingerprint density at radius 3 is 2.03 bits per heavy atom. The molecule has 0 unspecified atom stereocenters. The molecule has 0 spiro atoms. The molecule has 1 amide bonds. The van der Waals surface area contributed by atoms with Gasteiger partial charge in [0.15, 0.2) is 0 Å². The van der Waals surface area contributed by atoms with Crippen LogP contribution in [0.4, 0.5) is 10.6 Å². The molecule has 3 heterocycles. The number of amides is 1. The topological polar surface area (TPSA) is 146 Å². The first kappa shape index (κ1) is 26.2. The number of aliphatic carboxylic acids is 2. The van der Waals surface area contributed by atoms with Crippen molar-refractivity contribution in [2.45, 2.75) is 44.2 Å². The molecule has 1 aromatic rings. The molecule has 2 aliphatic heterocycles. The first-order valence-corrected chi connectivity index (χ1v) is 11.9. The van der Waals surface area contributed by atoms with Crippen molar-refractivity contribution in [3.05, 3.63) is 34.6 Å². The normalized spacial score (nSPS) is 19.6. The fourth-order valence-electron chi connectivity index (χ4n) is 4.24. The molecule has 192 valence electrons. The van der Waals surface area contributed by atoms with Gasteiger partial charge in [-0.1, -0.05) is 6.42 Å². The minimum Gasteiger partial charge on any atom is -0.478 e. The van der Waals surface area contributed by atoms with Crippen molar-refractivity contribution in [3.63, 3.8) is 0 Å². The van der Waals surface area contributed by atoms with E-state index in [-0.39, 0.29) is 17.8 Å². The Labute approximate surface area is 203 Å². The lowest BCUT2D eigenvalue weighted by atomic mass is 9.91. The SMILES string of the molecule is Cn1nc(N2CCC(OC(=O)N3CCN(C4CCC4)CC3)CC2)ccc1=O.O=C(O)/C=C\C(=O)O. The maximum absolute atomic E-state index is 12.5. The van der Waals surface area contributed by atoms with Crippen LogP contribution in [0.15, 0.2) is 29.1 Å². The average Bonchev–Trinajstić information content (AvgIpc) is 2.80. The van der Waals surface area contributed by atoms with Crippen LogP contribution in [0, 0.1) is 0 Å². The van der Waals surface area contributed by atoms with Crippen LogP contribution in [0.1, 0.15) is 32.1 Å². The Morgan fingerprint density at radius 1 is 0.943 bits per heavy atom. The summed E-state index contributed by atoms with van der Waals surface area (Å²) in [7, 11) is 1.66. The van der Waals surface area contributed by atoms with Crippen LogP contribution in [-0.4, -0.2) is 99.2 Å². The van der Waals surface area contributed by atoms with Gasteiger partial charge in [-0.25, -0.2) is 19.1 Å². The standard InChI is InChI=1S/C19H29N5O3.C4H4O4/c1-21-18(25)6-5-17(20-21)23-9-7-16(8-10-23)27-19(26)24-13-11-22(12-14-24)15-3-2-4-15;5-3(6)1-2-4(7)8/h5-6,15-16H,2-4,7-14H2,1H3;1-2H,(H,5,6)(H,7,8)/b;2-1-. The van der Waals surface area contributed by atoms with E-state index in [4.69, 9.17) is 14.9 Å². The van der Waals surface area contributed by atoms with Gasteiger partial charge in [-0.3, -0.25) is 9.69 Å². The third kappa shape index (κ3) is 7.81. The number of aromatic nitrogens is 2. The summed E-state index contributed by atoms with van der Waals surface area (Å²) in [5.74, 6) is -1.71. The summed E-state index contributed by atoms with van der Waals surface area (Å²) >= 11 is 0. The number of piperidine rings is 1. The maximum Gasteiger partial charge on any atom is 0.410 e. The van der Waals surface area contributed by atoms with E-state index in [1.165, 1.54) is 30.0 Å². The third-order valence-corrected chi connectivity index (χ3v) is 6.51. The number of carbonyl (C=O) groups excluding carboxylic acids is 1. The highest BCUT2D eigenvalue weighted by molar-refractivity contribution is 5.89. The molecule has 35 heavy (non-hydrogen) atoms. The first-order chi connectivity index (χ1) is 16.7. The van der Waals surface area contributed by atoms with Crippen molar-refractivity contribution in [3.8, 4) is 0 Å². The fraction of sp³-hybridized carbons (Fsp3) is 0.609. The van der Waals surface area contributed by atoms with E-state index in [1.54, 1.807) is 13.1 Å². The van der Waals surface area contributed by atoms with E-state index in [0.717, 1.165) is 64.0 Å². The van der Waals surface area contributed by atoms with Crippen molar-refractivity contribution in [2.24, 2.45) is 7.05 Å². The third-order valence-electron chi connectivity index (χ3n) is 6.51. The van der Waals surface area contributed by atoms with Crippen LogP contribution in [0.25, 0.3) is 0 Å². The molecule has 12 heteroatoms. The van der Waals surface area contributed by atoms with Gasteiger partial charge < -0.3 is 24.7 Å². The molecule has 2 saturated heterocycles. The minimum atomic E-state index is -1.26. The summed E-state index contributed by atoms with van der Waals surface area (Å²) in [6.07, 6.45) is 6.47. The highest BCUT2D eigenvalue weighted by Crippen LogP contribution is 2.26. The van der Waals surface area contributed by atoms with E-state index in [2.05, 4.69) is 14.9 Å². The minimum absolute atomic E-state index is 0.0362. The number of nitrogens with zero attached hydrogens (tertiary/aromatic N) is 5. The predicted molar refractivity (Wildman–Crippen MR) is 126 cm³/mol. The first-order valence-electron chi connectivity index (χ1n) is 11.9. The van der Waals surface area contributed by atoms with Crippen LogP contribution < -0.4 is 10.5 Å². The lowest BCUT2D eigenvalue weighted by molar-refractivity contribution is -0.134. The number of aryl methyl sites for hydroxylation is 1. The number of piperazine rings is 1. The van der Waals surface area contributed by atoms with Gasteiger partial charge in [0.2, 0.25) is 0 Å². The molecule has 0 bridgehead atoms. The second kappa shape index (κ2) is 12.3. The largest absolute Gasteiger partial charge is 0.478 e. The number of carboxylic acids is 2. The zero-order chi connectivity index (χ0) is 25.4. The van der Waals surface area contributed by atoms with Crippen molar-refractivity contribution in [1.29, 1.82) is 0 Å². The van der Waals surface area contributed by atoms with Crippen LogP contribution in [0.3, 0.4) is 0 Å². The van der Waals surface area contributed by atoms with E-state index in [0.29, 0.717) is 12.2 Å². The molecule has 0 aromatic carbocycles. The molecule has 1 aliphatic carbocycles. The van der Waals surface area contributed by atoms with Gasteiger partial charge >= 0.3 is 18.0 Å². The van der Waals surface area contributed by atoms with Gasteiger partial charge in [0.25, 0.3) is 5.56 Å². The Kier molecular flexibility index (Phi) is 9.24. The summed E-state index contributed by atoms with van der Waals surface area (Å²) in [4.78, 5) is 49.6. The zero-order valence-corrected chi connectivity index (χ0v) is 19.9. The molecular weight excluding hydrogens is 458 g/mol. The van der Waals surface area contributed by atoms with Gasteiger partial charge in [0.05, 0.1) is 0 Å². The Balaban J connectivity index is 0.000000371. The number of hydrogen-bond acceptors (Lipinski definition) is 8. The van der Waals surface area contributed by atoms with Gasteiger partial charge in [0, 0.05) is 83.4 Å². The second-order valence-electron chi connectivity index (χ2n) is 8.84.